The number of sulfone groups is 1. The highest BCUT2D eigenvalue weighted by atomic mass is 32.2. The van der Waals surface area contributed by atoms with E-state index in [9.17, 15) is 18.0 Å². The van der Waals surface area contributed by atoms with Gasteiger partial charge in [0.25, 0.3) is 0 Å². The van der Waals surface area contributed by atoms with Crippen molar-refractivity contribution in [3.8, 4) is 0 Å². The first kappa shape index (κ1) is 35.2. The zero-order chi connectivity index (χ0) is 26.7. The standard InChI is InChI=1S/C30H58O5S/c1-3-4-5-6-7-8-9-10-11-12-13-14-15-16-18-25-30(32)28-36(33,34)27-22-17-19-23-29(31)24-20-21-26-35-2/h3-28H2,1-2H3. The highest BCUT2D eigenvalue weighted by Crippen LogP contribution is 2.14. The van der Waals surface area contributed by atoms with E-state index in [2.05, 4.69) is 6.92 Å². The van der Waals surface area contributed by atoms with Gasteiger partial charge in [0.2, 0.25) is 0 Å². The van der Waals surface area contributed by atoms with E-state index in [4.69, 9.17) is 4.74 Å². The van der Waals surface area contributed by atoms with Crippen molar-refractivity contribution in [3.05, 3.63) is 0 Å². The minimum Gasteiger partial charge on any atom is -0.385 e. The van der Waals surface area contributed by atoms with E-state index in [1.54, 1.807) is 7.11 Å². The molecule has 36 heavy (non-hydrogen) atoms. The lowest BCUT2D eigenvalue weighted by atomic mass is 10.0. The zero-order valence-corrected chi connectivity index (χ0v) is 24.7. The molecule has 0 bridgehead atoms. The predicted octanol–water partition coefficient (Wildman–Crippen LogP) is 8.18. The van der Waals surface area contributed by atoms with Crippen molar-refractivity contribution >= 4 is 21.4 Å². The van der Waals surface area contributed by atoms with Crippen LogP contribution in [-0.4, -0.2) is 45.2 Å². The van der Waals surface area contributed by atoms with Crippen LogP contribution in [-0.2, 0) is 24.2 Å². The third-order valence-corrected chi connectivity index (χ3v) is 8.58. The molecule has 0 aliphatic rings. The van der Waals surface area contributed by atoms with E-state index >= 15 is 0 Å². The van der Waals surface area contributed by atoms with Crippen molar-refractivity contribution in [2.75, 3.05) is 25.2 Å². The maximum Gasteiger partial charge on any atom is 0.157 e. The molecule has 0 radical (unpaired) electrons. The number of carbonyl (C=O) groups is 2. The van der Waals surface area contributed by atoms with Gasteiger partial charge in [0, 0.05) is 33.0 Å². The maximum absolute atomic E-state index is 12.2. The summed E-state index contributed by atoms with van der Waals surface area (Å²) in [4.78, 5) is 23.9. The number of carbonyl (C=O) groups excluding carboxylic acids is 2. The Morgan fingerprint density at radius 1 is 0.528 bits per heavy atom. The minimum absolute atomic E-state index is 0.0552. The Kier molecular flexibility index (Phi) is 25.3. The summed E-state index contributed by atoms with van der Waals surface area (Å²) in [6.45, 7) is 2.95. The molecule has 6 heteroatoms. The lowest BCUT2D eigenvalue weighted by molar-refractivity contribution is -0.119. The first-order chi connectivity index (χ1) is 17.4. The SMILES string of the molecule is CCCCCCCCCCCCCCCCCC(=O)CS(=O)(=O)CCCCCC(=O)CCCCOC. The average molecular weight is 531 g/mol. The van der Waals surface area contributed by atoms with Gasteiger partial charge in [0.15, 0.2) is 9.84 Å². The van der Waals surface area contributed by atoms with Crippen molar-refractivity contribution in [2.45, 2.75) is 155 Å². The van der Waals surface area contributed by atoms with Crippen molar-refractivity contribution in [1.29, 1.82) is 0 Å². The first-order valence-electron chi connectivity index (χ1n) is 15.1. The second-order valence-electron chi connectivity index (χ2n) is 10.6. The number of hydrogen-bond acceptors (Lipinski definition) is 5. The molecule has 0 atom stereocenters. The molecule has 0 amide bonds. The largest absolute Gasteiger partial charge is 0.385 e. The summed E-state index contributed by atoms with van der Waals surface area (Å²) >= 11 is 0. The topological polar surface area (TPSA) is 77.5 Å². The van der Waals surface area contributed by atoms with Crippen LogP contribution >= 0.6 is 0 Å². The molecule has 0 spiro atoms. The van der Waals surface area contributed by atoms with Gasteiger partial charge in [0.05, 0.1) is 5.75 Å². The summed E-state index contributed by atoms with van der Waals surface area (Å²) in [6, 6.07) is 0. The number of rotatable bonds is 29. The van der Waals surface area contributed by atoms with Crippen molar-refractivity contribution in [3.63, 3.8) is 0 Å². The number of ether oxygens (including phenoxy) is 1. The molecule has 214 valence electrons. The van der Waals surface area contributed by atoms with Gasteiger partial charge < -0.3 is 4.74 Å². The second kappa shape index (κ2) is 25.9. The molecule has 0 fully saturated rings. The zero-order valence-electron chi connectivity index (χ0n) is 23.8. The number of Topliss-reactive ketones (excluding diaryl/α,β-unsaturated/α-hetero) is 2. The van der Waals surface area contributed by atoms with Crippen LogP contribution in [0, 0.1) is 0 Å². The van der Waals surface area contributed by atoms with Crippen LogP contribution in [0.4, 0.5) is 0 Å². The quantitative estimate of drug-likeness (QED) is 0.0911. The summed E-state index contributed by atoms with van der Waals surface area (Å²) in [7, 11) is -1.66. The van der Waals surface area contributed by atoms with Crippen molar-refractivity contribution in [2.24, 2.45) is 0 Å². The number of unbranched alkanes of at least 4 members (excludes halogenated alkanes) is 17. The number of methoxy groups -OCH3 is 1. The summed E-state index contributed by atoms with van der Waals surface area (Å²) < 4.78 is 29.4. The highest BCUT2D eigenvalue weighted by Gasteiger charge is 2.16. The van der Waals surface area contributed by atoms with Gasteiger partial charge in [-0.15, -0.1) is 0 Å². The molecular weight excluding hydrogens is 472 g/mol. The molecule has 0 N–H and O–H groups in total. The molecular formula is C30H58O5S. The Labute approximate surface area is 223 Å². The van der Waals surface area contributed by atoms with Crippen LogP contribution in [0.2, 0.25) is 0 Å². The van der Waals surface area contributed by atoms with E-state index in [1.807, 2.05) is 0 Å². The summed E-state index contributed by atoms with van der Waals surface area (Å²) in [5.74, 6) is -0.160. The minimum atomic E-state index is -3.32. The van der Waals surface area contributed by atoms with Gasteiger partial charge in [-0.3, -0.25) is 9.59 Å². The average Bonchev–Trinajstić information content (AvgIpc) is 2.83. The van der Waals surface area contributed by atoms with Crippen LogP contribution in [0.3, 0.4) is 0 Å². The third kappa shape index (κ3) is 26.3. The molecule has 0 aliphatic heterocycles. The van der Waals surface area contributed by atoms with Crippen LogP contribution < -0.4 is 0 Å². The molecule has 0 saturated heterocycles. The van der Waals surface area contributed by atoms with Gasteiger partial charge in [-0.05, 0) is 32.1 Å². The fraction of sp³-hybridized carbons (Fsp3) is 0.933. The predicted molar refractivity (Wildman–Crippen MR) is 152 cm³/mol. The summed E-state index contributed by atoms with van der Waals surface area (Å²) in [5.41, 5.74) is 0. The monoisotopic (exact) mass is 530 g/mol. The molecule has 0 aromatic heterocycles. The Bertz CT molecular complexity index is 615. The molecule has 0 saturated carbocycles. The lowest BCUT2D eigenvalue weighted by Gasteiger charge is -2.05. The van der Waals surface area contributed by atoms with Crippen LogP contribution in [0.25, 0.3) is 0 Å². The molecule has 0 rings (SSSR count). The summed E-state index contributed by atoms with van der Waals surface area (Å²) in [5, 5.41) is 0. The van der Waals surface area contributed by atoms with Gasteiger partial charge in [-0.25, -0.2) is 8.42 Å². The van der Waals surface area contributed by atoms with Crippen molar-refractivity contribution in [1.82, 2.24) is 0 Å². The Hall–Kier alpha value is -0.750. The summed E-state index contributed by atoms with van der Waals surface area (Å²) in [6.07, 6.45) is 24.4. The fourth-order valence-corrected chi connectivity index (χ4v) is 6.02. The van der Waals surface area contributed by atoms with Crippen molar-refractivity contribution < 1.29 is 22.7 Å². The highest BCUT2D eigenvalue weighted by molar-refractivity contribution is 7.92. The van der Waals surface area contributed by atoms with Crippen LogP contribution in [0.1, 0.15) is 155 Å². The molecule has 0 aromatic carbocycles. The smallest absolute Gasteiger partial charge is 0.157 e. The maximum atomic E-state index is 12.2. The van der Waals surface area contributed by atoms with Crippen LogP contribution in [0.5, 0.6) is 0 Å². The second-order valence-corrected chi connectivity index (χ2v) is 12.8. The Morgan fingerprint density at radius 3 is 1.39 bits per heavy atom. The first-order valence-corrected chi connectivity index (χ1v) is 17.0. The molecule has 0 aliphatic carbocycles. The Morgan fingerprint density at radius 2 is 0.917 bits per heavy atom. The van der Waals surface area contributed by atoms with E-state index in [-0.39, 0.29) is 23.1 Å². The van der Waals surface area contributed by atoms with E-state index < -0.39 is 9.84 Å². The van der Waals surface area contributed by atoms with E-state index in [1.165, 1.54) is 77.0 Å². The number of ketones is 2. The van der Waals surface area contributed by atoms with E-state index in [0.717, 1.165) is 44.9 Å². The molecule has 5 nitrogen and oxygen atoms in total. The fourth-order valence-electron chi connectivity index (χ4n) is 4.60. The van der Waals surface area contributed by atoms with Gasteiger partial charge in [-0.2, -0.15) is 0 Å². The molecule has 0 unspecified atom stereocenters. The molecule has 0 heterocycles. The van der Waals surface area contributed by atoms with Gasteiger partial charge in [0.1, 0.15) is 17.3 Å². The van der Waals surface area contributed by atoms with Gasteiger partial charge >= 0.3 is 0 Å². The van der Waals surface area contributed by atoms with Crippen LogP contribution in [0.15, 0.2) is 0 Å². The van der Waals surface area contributed by atoms with Gasteiger partial charge in [-0.1, -0.05) is 103 Å². The normalized spacial score (nSPS) is 11.7. The lowest BCUT2D eigenvalue weighted by Crippen LogP contribution is -2.18. The number of hydrogen-bond donors (Lipinski definition) is 0. The van der Waals surface area contributed by atoms with E-state index in [0.29, 0.717) is 32.3 Å². The Balaban J connectivity index is 3.52. The third-order valence-electron chi connectivity index (χ3n) is 6.91. The molecule has 0 aromatic rings.